The number of aryl methyl sites for hydroxylation is 2. The van der Waals surface area contributed by atoms with Gasteiger partial charge in [0.15, 0.2) is 0 Å². The van der Waals surface area contributed by atoms with Gasteiger partial charge in [0.05, 0.1) is 6.04 Å². The van der Waals surface area contributed by atoms with E-state index in [1.165, 1.54) is 11.1 Å². The van der Waals surface area contributed by atoms with Crippen LogP contribution in [0.25, 0.3) is 0 Å². The topological polar surface area (TPSA) is 24.9 Å². The summed E-state index contributed by atoms with van der Waals surface area (Å²) in [6, 6.07) is 6.22. The fourth-order valence-corrected chi connectivity index (χ4v) is 3.20. The van der Waals surface area contributed by atoms with Crippen LogP contribution < -0.4 is 5.32 Å². The Hall–Kier alpha value is -0.900. The summed E-state index contributed by atoms with van der Waals surface area (Å²) in [5.74, 6) is 0. The van der Waals surface area contributed by atoms with Gasteiger partial charge in [0.2, 0.25) is 0 Å². The molecule has 2 aromatic rings. The lowest BCUT2D eigenvalue weighted by atomic mass is 10.0. The first kappa shape index (κ1) is 14.5. The Morgan fingerprint density at radius 3 is 2.74 bits per heavy atom. The lowest BCUT2D eigenvalue weighted by Crippen LogP contribution is -2.23. The van der Waals surface area contributed by atoms with Crippen LogP contribution in [0.4, 0.5) is 0 Å². The van der Waals surface area contributed by atoms with Crippen LogP contribution in [0, 0.1) is 13.8 Å². The highest BCUT2D eigenvalue weighted by Gasteiger charge is 2.18. The number of aromatic nitrogens is 1. The molecule has 0 amide bonds. The van der Waals surface area contributed by atoms with Gasteiger partial charge in [0, 0.05) is 16.1 Å². The highest BCUT2D eigenvalue weighted by molar-refractivity contribution is 7.09. The van der Waals surface area contributed by atoms with E-state index in [0.717, 1.165) is 28.7 Å². The van der Waals surface area contributed by atoms with E-state index < -0.39 is 0 Å². The molecule has 2 nitrogen and oxygen atoms in total. The van der Waals surface area contributed by atoms with E-state index in [9.17, 15) is 0 Å². The smallest absolute Gasteiger partial charge is 0.114 e. The van der Waals surface area contributed by atoms with Crippen LogP contribution in [-0.4, -0.2) is 11.5 Å². The van der Waals surface area contributed by atoms with Crippen LogP contribution in [-0.2, 0) is 0 Å². The molecule has 2 rings (SSSR count). The lowest BCUT2D eigenvalue weighted by molar-refractivity contribution is 0.593. The molecule has 0 saturated heterocycles. The average molecular weight is 295 g/mol. The van der Waals surface area contributed by atoms with Crippen molar-refractivity contribution in [2.24, 2.45) is 0 Å². The Balaban J connectivity index is 2.36. The predicted octanol–water partition coefficient (Wildman–Crippen LogP) is 4.50. The summed E-state index contributed by atoms with van der Waals surface area (Å²) in [4.78, 5) is 4.63. The third-order valence-corrected chi connectivity index (χ3v) is 4.29. The maximum atomic E-state index is 6.04. The van der Waals surface area contributed by atoms with Gasteiger partial charge < -0.3 is 5.32 Å². The molecule has 1 atom stereocenters. The second-order valence-corrected chi connectivity index (χ2v) is 6.04. The SMILES string of the molecule is CCCNC(c1nc(C)cs1)c1ccc(Cl)cc1C. The van der Waals surface area contributed by atoms with E-state index in [2.05, 4.69) is 35.6 Å². The van der Waals surface area contributed by atoms with Crippen molar-refractivity contribution in [3.63, 3.8) is 0 Å². The van der Waals surface area contributed by atoms with Crippen molar-refractivity contribution in [3.8, 4) is 0 Å². The Morgan fingerprint density at radius 1 is 1.37 bits per heavy atom. The molecule has 1 N–H and O–H groups in total. The number of benzene rings is 1. The number of nitrogens with one attached hydrogen (secondary N) is 1. The first-order valence-electron chi connectivity index (χ1n) is 6.53. The van der Waals surface area contributed by atoms with Crippen LogP contribution in [0.1, 0.15) is 41.2 Å². The molecule has 4 heteroatoms. The van der Waals surface area contributed by atoms with E-state index in [-0.39, 0.29) is 6.04 Å². The van der Waals surface area contributed by atoms with Crippen molar-refractivity contribution in [1.29, 1.82) is 0 Å². The average Bonchev–Trinajstić information content (AvgIpc) is 2.78. The zero-order valence-electron chi connectivity index (χ0n) is 11.5. The number of nitrogens with zero attached hydrogens (tertiary/aromatic N) is 1. The maximum Gasteiger partial charge on any atom is 0.114 e. The molecular formula is C15H19ClN2S. The molecule has 19 heavy (non-hydrogen) atoms. The second kappa shape index (κ2) is 6.51. The number of hydrogen-bond donors (Lipinski definition) is 1. The normalized spacial score (nSPS) is 12.6. The van der Waals surface area contributed by atoms with Gasteiger partial charge in [-0.1, -0.05) is 24.6 Å². The van der Waals surface area contributed by atoms with Crippen LogP contribution in [0.3, 0.4) is 0 Å². The number of thiazole rings is 1. The lowest BCUT2D eigenvalue weighted by Gasteiger charge is -2.19. The van der Waals surface area contributed by atoms with Crippen LogP contribution in [0.5, 0.6) is 0 Å². The molecule has 1 heterocycles. The fourth-order valence-electron chi connectivity index (χ4n) is 2.09. The molecule has 1 aromatic carbocycles. The molecular weight excluding hydrogens is 276 g/mol. The first-order chi connectivity index (χ1) is 9.11. The van der Waals surface area contributed by atoms with Crippen molar-refractivity contribution in [3.05, 3.63) is 50.4 Å². The molecule has 0 spiro atoms. The van der Waals surface area contributed by atoms with Gasteiger partial charge >= 0.3 is 0 Å². The van der Waals surface area contributed by atoms with Gasteiger partial charge in [-0.2, -0.15) is 0 Å². The van der Waals surface area contributed by atoms with Gasteiger partial charge in [0.1, 0.15) is 5.01 Å². The number of halogens is 1. The quantitative estimate of drug-likeness (QED) is 0.878. The molecule has 0 aliphatic rings. The van der Waals surface area contributed by atoms with Gasteiger partial charge in [-0.15, -0.1) is 11.3 Å². The summed E-state index contributed by atoms with van der Waals surface area (Å²) in [5, 5.41) is 7.58. The highest BCUT2D eigenvalue weighted by atomic mass is 35.5. The third-order valence-electron chi connectivity index (χ3n) is 3.03. The van der Waals surface area contributed by atoms with Gasteiger partial charge in [0.25, 0.3) is 0 Å². The second-order valence-electron chi connectivity index (χ2n) is 4.72. The monoisotopic (exact) mass is 294 g/mol. The number of hydrogen-bond acceptors (Lipinski definition) is 3. The Kier molecular flexibility index (Phi) is 4.97. The zero-order chi connectivity index (χ0) is 13.8. The predicted molar refractivity (Wildman–Crippen MR) is 83.2 cm³/mol. The standard InChI is InChI=1S/C15H19ClN2S/c1-4-7-17-14(15-18-11(3)9-19-15)13-6-5-12(16)8-10(13)2/h5-6,8-9,14,17H,4,7H2,1-3H3. The molecule has 0 radical (unpaired) electrons. The summed E-state index contributed by atoms with van der Waals surface area (Å²) >= 11 is 7.75. The van der Waals surface area contributed by atoms with E-state index in [1.54, 1.807) is 11.3 Å². The number of rotatable bonds is 5. The van der Waals surface area contributed by atoms with Crippen LogP contribution in [0.15, 0.2) is 23.6 Å². The van der Waals surface area contributed by atoms with Crippen molar-refractivity contribution in [2.45, 2.75) is 33.2 Å². The summed E-state index contributed by atoms with van der Waals surface area (Å²) in [5.41, 5.74) is 3.54. The van der Waals surface area contributed by atoms with Gasteiger partial charge in [-0.25, -0.2) is 4.98 Å². The van der Waals surface area contributed by atoms with Crippen molar-refractivity contribution < 1.29 is 0 Å². The van der Waals surface area contributed by atoms with Crippen molar-refractivity contribution in [1.82, 2.24) is 10.3 Å². The minimum atomic E-state index is 0.163. The molecule has 0 saturated carbocycles. The molecule has 0 fully saturated rings. The van der Waals surface area contributed by atoms with Crippen LogP contribution in [0.2, 0.25) is 5.02 Å². The highest BCUT2D eigenvalue weighted by Crippen LogP contribution is 2.28. The molecule has 0 bridgehead atoms. The Labute approximate surface area is 123 Å². The molecule has 1 aromatic heterocycles. The fraction of sp³-hybridized carbons (Fsp3) is 0.400. The summed E-state index contributed by atoms with van der Waals surface area (Å²) in [6.07, 6.45) is 1.10. The van der Waals surface area contributed by atoms with Gasteiger partial charge in [-0.05, 0) is 50.1 Å². The molecule has 102 valence electrons. The van der Waals surface area contributed by atoms with E-state index in [1.807, 2.05) is 19.1 Å². The van der Waals surface area contributed by atoms with Crippen molar-refractivity contribution in [2.75, 3.05) is 6.54 Å². The summed E-state index contributed by atoms with van der Waals surface area (Å²) in [7, 11) is 0. The largest absolute Gasteiger partial charge is 0.304 e. The minimum absolute atomic E-state index is 0.163. The van der Waals surface area contributed by atoms with Crippen LogP contribution >= 0.6 is 22.9 Å². The molecule has 0 aliphatic carbocycles. The zero-order valence-corrected chi connectivity index (χ0v) is 13.1. The minimum Gasteiger partial charge on any atom is -0.304 e. The molecule has 0 aliphatic heterocycles. The Morgan fingerprint density at radius 2 is 2.16 bits per heavy atom. The summed E-state index contributed by atoms with van der Waals surface area (Å²) in [6.45, 7) is 7.28. The summed E-state index contributed by atoms with van der Waals surface area (Å²) < 4.78 is 0. The third kappa shape index (κ3) is 3.56. The van der Waals surface area contributed by atoms with Crippen molar-refractivity contribution >= 4 is 22.9 Å². The molecule has 1 unspecified atom stereocenters. The maximum absolute atomic E-state index is 6.04. The Bertz CT molecular complexity index is 551. The first-order valence-corrected chi connectivity index (χ1v) is 7.79. The van der Waals surface area contributed by atoms with Gasteiger partial charge in [-0.3, -0.25) is 0 Å². The van der Waals surface area contributed by atoms with E-state index in [0.29, 0.717) is 0 Å². The van der Waals surface area contributed by atoms with E-state index in [4.69, 9.17) is 11.6 Å². The van der Waals surface area contributed by atoms with E-state index >= 15 is 0 Å².